The normalized spacial score (nSPS) is 14.8. The number of nitrogens with zero attached hydrogens (tertiary/aromatic N) is 1. The van der Waals surface area contributed by atoms with Crippen molar-refractivity contribution in [2.24, 2.45) is 5.41 Å². The first kappa shape index (κ1) is 11.4. The van der Waals surface area contributed by atoms with Gasteiger partial charge in [-0.3, -0.25) is 9.69 Å². The van der Waals surface area contributed by atoms with Crippen LogP contribution in [0.25, 0.3) is 0 Å². The fourth-order valence-electron chi connectivity index (χ4n) is 1.01. The molecule has 0 spiro atoms. The Morgan fingerprint density at radius 3 is 2.17 bits per heavy atom. The van der Waals surface area contributed by atoms with Crippen LogP contribution in [0.4, 0.5) is 0 Å². The summed E-state index contributed by atoms with van der Waals surface area (Å²) in [5.74, 6) is -0.770. The molecular weight excluding hydrogens is 154 g/mol. The fraction of sp³-hybridized carbons (Fsp3) is 0.889. The molecule has 12 heavy (non-hydrogen) atoms. The lowest BCUT2D eigenvalue weighted by Crippen LogP contribution is -2.41. The summed E-state index contributed by atoms with van der Waals surface area (Å²) in [7, 11) is 1.84. The SMILES string of the molecule is C[C@@H](N(C)CC(=O)O)C(C)(C)C. The van der Waals surface area contributed by atoms with Crippen LogP contribution >= 0.6 is 0 Å². The minimum absolute atomic E-state index is 0.110. The minimum atomic E-state index is -0.770. The molecule has 0 aliphatic heterocycles. The molecule has 0 aromatic rings. The van der Waals surface area contributed by atoms with Gasteiger partial charge in [0.15, 0.2) is 0 Å². The van der Waals surface area contributed by atoms with Crippen molar-refractivity contribution in [1.82, 2.24) is 4.90 Å². The summed E-state index contributed by atoms with van der Waals surface area (Å²) in [5.41, 5.74) is 0.129. The van der Waals surface area contributed by atoms with Crippen LogP contribution in [0.3, 0.4) is 0 Å². The Morgan fingerprint density at radius 1 is 1.50 bits per heavy atom. The Hall–Kier alpha value is -0.570. The number of carbonyl (C=O) groups is 1. The molecule has 72 valence electrons. The Labute approximate surface area is 74.4 Å². The molecule has 0 aromatic heterocycles. The van der Waals surface area contributed by atoms with Crippen LogP contribution in [0, 0.1) is 5.41 Å². The molecule has 1 N–H and O–H groups in total. The first-order valence-electron chi connectivity index (χ1n) is 4.17. The molecule has 1 atom stereocenters. The molecule has 0 bridgehead atoms. The molecule has 0 unspecified atom stereocenters. The van der Waals surface area contributed by atoms with Crippen LogP contribution in [0.15, 0.2) is 0 Å². The van der Waals surface area contributed by atoms with Crippen LogP contribution in [0.2, 0.25) is 0 Å². The lowest BCUT2D eigenvalue weighted by atomic mass is 9.87. The Kier molecular flexibility index (Phi) is 3.71. The number of carboxylic acids is 1. The van der Waals surface area contributed by atoms with Crippen molar-refractivity contribution in [3.05, 3.63) is 0 Å². The Morgan fingerprint density at radius 2 is 1.92 bits per heavy atom. The summed E-state index contributed by atoms with van der Waals surface area (Å²) in [5, 5.41) is 8.56. The lowest BCUT2D eigenvalue weighted by Gasteiger charge is -2.34. The lowest BCUT2D eigenvalue weighted by molar-refractivity contribution is -0.138. The van der Waals surface area contributed by atoms with Gasteiger partial charge in [-0.2, -0.15) is 0 Å². The van der Waals surface area contributed by atoms with Gasteiger partial charge in [0, 0.05) is 6.04 Å². The summed E-state index contributed by atoms with van der Waals surface area (Å²) in [6.45, 7) is 8.48. The number of likely N-dealkylation sites (N-methyl/N-ethyl adjacent to an activating group) is 1. The first-order chi connectivity index (χ1) is 5.25. The second-order valence-electron chi connectivity index (χ2n) is 4.35. The van der Waals surface area contributed by atoms with E-state index in [0.29, 0.717) is 0 Å². The maximum absolute atomic E-state index is 10.4. The average molecular weight is 173 g/mol. The summed E-state index contributed by atoms with van der Waals surface area (Å²) in [4.78, 5) is 12.2. The van der Waals surface area contributed by atoms with Crippen LogP contribution in [-0.4, -0.2) is 35.6 Å². The second-order valence-corrected chi connectivity index (χ2v) is 4.35. The summed E-state index contributed by atoms with van der Waals surface area (Å²) < 4.78 is 0. The number of hydrogen-bond donors (Lipinski definition) is 1. The molecule has 0 fully saturated rings. The monoisotopic (exact) mass is 173 g/mol. The van der Waals surface area contributed by atoms with E-state index in [1.54, 1.807) is 0 Å². The highest BCUT2D eigenvalue weighted by Gasteiger charge is 2.24. The number of carboxylic acid groups (broad SMARTS) is 1. The average Bonchev–Trinajstić information content (AvgIpc) is 1.82. The molecule has 0 aliphatic rings. The topological polar surface area (TPSA) is 40.5 Å². The quantitative estimate of drug-likeness (QED) is 0.702. The van der Waals surface area contributed by atoms with Gasteiger partial charge in [0.2, 0.25) is 0 Å². The van der Waals surface area contributed by atoms with Crippen molar-refractivity contribution >= 4 is 5.97 Å². The van der Waals surface area contributed by atoms with Gasteiger partial charge in [0.1, 0.15) is 0 Å². The van der Waals surface area contributed by atoms with E-state index in [4.69, 9.17) is 5.11 Å². The zero-order valence-electron chi connectivity index (χ0n) is 8.59. The third-order valence-electron chi connectivity index (χ3n) is 2.30. The number of aliphatic carboxylic acids is 1. The highest BCUT2D eigenvalue weighted by Crippen LogP contribution is 2.22. The third-order valence-corrected chi connectivity index (χ3v) is 2.30. The zero-order chi connectivity index (χ0) is 9.94. The van der Waals surface area contributed by atoms with E-state index in [9.17, 15) is 4.79 Å². The number of rotatable bonds is 3. The minimum Gasteiger partial charge on any atom is -0.480 e. The van der Waals surface area contributed by atoms with Gasteiger partial charge >= 0.3 is 5.97 Å². The smallest absolute Gasteiger partial charge is 0.317 e. The molecule has 0 radical (unpaired) electrons. The van der Waals surface area contributed by atoms with E-state index in [1.807, 2.05) is 18.9 Å². The van der Waals surface area contributed by atoms with Gasteiger partial charge in [-0.25, -0.2) is 0 Å². The van der Waals surface area contributed by atoms with Crippen LogP contribution < -0.4 is 0 Å². The van der Waals surface area contributed by atoms with Crippen molar-refractivity contribution in [2.75, 3.05) is 13.6 Å². The van der Waals surface area contributed by atoms with E-state index < -0.39 is 5.97 Å². The number of hydrogen-bond acceptors (Lipinski definition) is 2. The largest absolute Gasteiger partial charge is 0.480 e. The van der Waals surface area contributed by atoms with E-state index >= 15 is 0 Å². The molecule has 0 amide bonds. The zero-order valence-corrected chi connectivity index (χ0v) is 8.59. The van der Waals surface area contributed by atoms with Crippen LogP contribution in [0.1, 0.15) is 27.7 Å². The molecule has 0 heterocycles. The van der Waals surface area contributed by atoms with E-state index in [2.05, 4.69) is 20.8 Å². The van der Waals surface area contributed by atoms with Gasteiger partial charge < -0.3 is 5.11 Å². The Balaban J connectivity index is 4.10. The first-order valence-corrected chi connectivity index (χ1v) is 4.17. The summed E-state index contributed by atoms with van der Waals surface area (Å²) in [6, 6.07) is 0.272. The Bertz CT molecular complexity index is 160. The molecule has 0 aliphatic carbocycles. The van der Waals surface area contributed by atoms with Crippen molar-refractivity contribution in [1.29, 1.82) is 0 Å². The second kappa shape index (κ2) is 3.90. The molecular formula is C9H19NO2. The molecule has 0 saturated heterocycles. The van der Waals surface area contributed by atoms with Crippen molar-refractivity contribution in [3.8, 4) is 0 Å². The molecule has 3 heteroatoms. The van der Waals surface area contributed by atoms with Crippen LogP contribution in [-0.2, 0) is 4.79 Å². The predicted molar refractivity (Wildman–Crippen MR) is 49.2 cm³/mol. The van der Waals surface area contributed by atoms with Gasteiger partial charge in [-0.1, -0.05) is 20.8 Å². The van der Waals surface area contributed by atoms with Crippen molar-refractivity contribution in [3.63, 3.8) is 0 Å². The van der Waals surface area contributed by atoms with E-state index in [1.165, 1.54) is 0 Å². The molecule has 0 rings (SSSR count). The molecule has 0 aromatic carbocycles. The van der Waals surface area contributed by atoms with Gasteiger partial charge in [-0.05, 0) is 19.4 Å². The highest BCUT2D eigenvalue weighted by molar-refractivity contribution is 5.69. The van der Waals surface area contributed by atoms with Gasteiger partial charge in [0.05, 0.1) is 6.54 Å². The standard InChI is InChI=1S/C9H19NO2/c1-7(9(2,3)4)10(5)6-8(11)12/h7H,6H2,1-5H3,(H,11,12)/t7-/m1/s1. The fourth-order valence-corrected chi connectivity index (χ4v) is 1.01. The molecule has 0 saturated carbocycles. The maximum atomic E-state index is 10.4. The van der Waals surface area contributed by atoms with Crippen molar-refractivity contribution < 1.29 is 9.90 Å². The van der Waals surface area contributed by atoms with Gasteiger partial charge in [-0.15, -0.1) is 0 Å². The highest BCUT2D eigenvalue weighted by atomic mass is 16.4. The van der Waals surface area contributed by atoms with Gasteiger partial charge in [0.25, 0.3) is 0 Å². The summed E-state index contributed by atoms with van der Waals surface area (Å²) in [6.07, 6.45) is 0. The van der Waals surface area contributed by atoms with E-state index in [0.717, 1.165) is 0 Å². The van der Waals surface area contributed by atoms with Crippen molar-refractivity contribution in [2.45, 2.75) is 33.7 Å². The van der Waals surface area contributed by atoms with E-state index in [-0.39, 0.29) is 18.0 Å². The predicted octanol–water partition coefficient (Wildman–Crippen LogP) is 1.44. The molecule has 3 nitrogen and oxygen atoms in total. The third kappa shape index (κ3) is 3.72. The maximum Gasteiger partial charge on any atom is 0.317 e. The van der Waals surface area contributed by atoms with Crippen LogP contribution in [0.5, 0.6) is 0 Å². The summed E-state index contributed by atoms with van der Waals surface area (Å²) >= 11 is 0.